The van der Waals surface area contributed by atoms with Crippen LogP contribution in [0.5, 0.6) is 0 Å². The fourth-order valence-electron chi connectivity index (χ4n) is 1.08. The van der Waals surface area contributed by atoms with Crippen molar-refractivity contribution in [3.05, 3.63) is 73.0 Å². The quantitative estimate of drug-likeness (QED) is 0.646. The Labute approximate surface area is 112 Å². The lowest BCUT2D eigenvalue weighted by Crippen LogP contribution is -2.10. The van der Waals surface area contributed by atoms with Gasteiger partial charge in [0.25, 0.3) is 0 Å². The summed E-state index contributed by atoms with van der Waals surface area (Å²) in [6.07, 6.45) is 8.51. The van der Waals surface area contributed by atoms with Crippen molar-refractivity contribution < 1.29 is 0 Å². The van der Waals surface area contributed by atoms with E-state index in [1.807, 2.05) is 18.2 Å². The fraction of sp³-hybridized carbons (Fsp3) is 0.294. The topological polar surface area (TPSA) is 26.0 Å². The lowest BCUT2D eigenvalue weighted by Gasteiger charge is -2.23. The van der Waals surface area contributed by atoms with Gasteiger partial charge in [0.05, 0.1) is 0 Å². The van der Waals surface area contributed by atoms with Gasteiger partial charge in [-0.15, -0.1) is 0 Å². The molecule has 0 unspecified atom stereocenters. The highest BCUT2D eigenvalue weighted by molar-refractivity contribution is 5.45. The normalized spacial score (nSPS) is 11.9. The second kappa shape index (κ2) is 6.85. The van der Waals surface area contributed by atoms with Gasteiger partial charge >= 0.3 is 0 Å². The molecule has 0 atom stereocenters. The maximum absolute atomic E-state index is 5.45. The molecule has 0 aliphatic carbocycles. The summed E-state index contributed by atoms with van der Waals surface area (Å²) in [5.41, 5.74) is 8.82. The highest BCUT2D eigenvalue weighted by atomic mass is 14.5. The zero-order valence-electron chi connectivity index (χ0n) is 11.9. The van der Waals surface area contributed by atoms with Crippen LogP contribution >= 0.6 is 0 Å². The third-order valence-corrected chi connectivity index (χ3v) is 3.15. The number of rotatable bonds is 7. The number of nitrogens with two attached hydrogens (primary N) is 1. The molecule has 0 rings (SSSR count). The SMILES string of the molecule is C=C(N)/C=C\C(=C)C(=C)/C=C\C(=C)C(C)(C)CC. The average Bonchev–Trinajstić information content (AvgIpc) is 2.32. The van der Waals surface area contributed by atoms with Crippen LogP contribution in [0.4, 0.5) is 0 Å². The molecule has 0 amide bonds. The van der Waals surface area contributed by atoms with Crippen LogP contribution in [0.25, 0.3) is 0 Å². The molecular weight excluding hydrogens is 218 g/mol. The zero-order valence-corrected chi connectivity index (χ0v) is 11.9. The number of hydrogen-bond acceptors (Lipinski definition) is 1. The predicted molar refractivity (Wildman–Crippen MR) is 83.1 cm³/mol. The number of allylic oxidation sites excluding steroid dienone is 7. The monoisotopic (exact) mass is 243 g/mol. The maximum Gasteiger partial charge on any atom is 0.0241 e. The van der Waals surface area contributed by atoms with Gasteiger partial charge in [-0.25, -0.2) is 0 Å². The van der Waals surface area contributed by atoms with Gasteiger partial charge in [0.1, 0.15) is 0 Å². The molecule has 0 radical (unpaired) electrons. The van der Waals surface area contributed by atoms with Crippen molar-refractivity contribution in [2.45, 2.75) is 27.2 Å². The third-order valence-electron chi connectivity index (χ3n) is 3.15. The molecule has 0 spiro atoms. The van der Waals surface area contributed by atoms with Crippen molar-refractivity contribution in [1.82, 2.24) is 0 Å². The molecular formula is C17H25N. The first-order valence-electron chi connectivity index (χ1n) is 6.08. The van der Waals surface area contributed by atoms with Gasteiger partial charge in [-0.1, -0.05) is 65.3 Å². The van der Waals surface area contributed by atoms with Crippen molar-refractivity contribution in [1.29, 1.82) is 0 Å². The molecule has 0 aromatic heterocycles. The van der Waals surface area contributed by atoms with Crippen LogP contribution in [0.1, 0.15) is 27.2 Å². The summed E-state index contributed by atoms with van der Waals surface area (Å²) in [4.78, 5) is 0. The van der Waals surface area contributed by atoms with E-state index in [1.54, 1.807) is 6.08 Å². The summed E-state index contributed by atoms with van der Waals surface area (Å²) in [5.74, 6) is 0. The third kappa shape index (κ3) is 5.53. The minimum atomic E-state index is 0.111. The Morgan fingerprint density at radius 3 is 1.78 bits per heavy atom. The molecule has 0 fully saturated rings. The van der Waals surface area contributed by atoms with E-state index < -0.39 is 0 Å². The van der Waals surface area contributed by atoms with Gasteiger partial charge in [-0.2, -0.15) is 0 Å². The fourth-order valence-corrected chi connectivity index (χ4v) is 1.08. The van der Waals surface area contributed by atoms with E-state index in [4.69, 9.17) is 5.73 Å². The van der Waals surface area contributed by atoms with Gasteiger partial charge in [0, 0.05) is 5.70 Å². The Balaban J connectivity index is 4.63. The Morgan fingerprint density at radius 1 is 0.944 bits per heavy atom. The largest absolute Gasteiger partial charge is 0.399 e. The van der Waals surface area contributed by atoms with E-state index in [2.05, 4.69) is 47.1 Å². The molecule has 0 aromatic carbocycles. The Kier molecular flexibility index (Phi) is 6.18. The molecule has 18 heavy (non-hydrogen) atoms. The van der Waals surface area contributed by atoms with Crippen LogP contribution in [0, 0.1) is 5.41 Å². The van der Waals surface area contributed by atoms with E-state index in [0.717, 1.165) is 23.1 Å². The van der Waals surface area contributed by atoms with Crippen molar-refractivity contribution in [2.24, 2.45) is 11.1 Å². The summed E-state index contributed by atoms with van der Waals surface area (Å²) in [6, 6.07) is 0. The highest BCUT2D eigenvalue weighted by Crippen LogP contribution is 2.29. The molecule has 0 saturated heterocycles. The van der Waals surface area contributed by atoms with Crippen molar-refractivity contribution >= 4 is 0 Å². The van der Waals surface area contributed by atoms with Crippen LogP contribution in [0.2, 0.25) is 0 Å². The van der Waals surface area contributed by atoms with Gasteiger partial charge < -0.3 is 5.73 Å². The van der Waals surface area contributed by atoms with E-state index in [1.165, 1.54) is 0 Å². The molecule has 98 valence electrons. The molecule has 0 aliphatic rings. The minimum Gasteiger partial charge on any atom is -0.399 e. The van der Waals surface area contributed by atoms with E-state index in [-0.39, 0.29) is 5.41 Å². The van der Waals surface area contributed by atoms with Gasteiger partial charge in [-0.3, -0.25) is 0 Å². The second-order valence-corrected chi connectivity index (χ2v) is 5.05. The number of hydrogen-bond donors (Lipinski definition) is 1. The predicted octanol–water partition coefficient (Wildman–Crippen LogP) is 4.68. The minimum absolute atomic E-state index is 0.111. The molecule has 0 aromatic rings. The van der Waals surface area contributed by atoms with Gasteiger partial charge in [-0.05, 0) is 34.6 Å². The Morgan fingerprint density at radius 2 is 1.39 bits per heavy atom. The summed E-state index contributed by atoms with van der Waals surface area (Å²) < 4.78 is 0. The summed E-state index contributed by atoms with van der Waals surface area (Å²) >= 11 is 0. The molecule has 1 nitrogen and oxygen atoms in total. The average molecular weight is 243 g/mol. The highest BCUT2D eigenvalue weighted by Gasteiger charge is 2.16. The molecule has 0 bridgehead atoms. The van der Waals surface area contributed by atoms with Gasteiger partial charge in [0.2, 0.25) is 0 Å². The van der Waals surface area contributed by atoms with E-state index in [0.29, 0.717) is 5.70 Å². The van der Waals surface area contributed by atoms with Crippen molar-refractivity contribution in [3.63, 3.8) is 0 Å². The first kappa shape index (κ1) is 16.2. The van der Waals surface area contributed by atoms with E-state index in [9.17, 15) is 0 Å². The summed E-state index contributed by atoms with van der Waals surface area (Å²) in [7, 11) is 0. The summed E-state index contributed by atoms with van der Waals surface area (Å²) in [6.45, 7) is 22.1. The van der Waals surface area contributed by atoms with Crippen LogP contribution in [0.15, 0.2) is 73.0 Å². The molecule has 0 saturated carbocycles. The second-order valence-electron chi connectivity index (χ2n) is 5.05. The molecule has 0 heterocycles. The smallest absolute Gasteiger partial charge is 0.0241 e. The molecule has 0 aliphatic heterocycles. The van der Waals surface area contributed by atoms with Crippen LogP contribution in [-0.2, 0) is 0 Å². The lowest BCUT2D eigenvalue weighted by molar-refractivity contribution is 0.441. The Hall–Kier alpha value is -1.76. The summed E-state index contributed by atoms with van der Waals surface area (Å²) in [5, 5.41) is 0. The zero-order chi connectivity index (χ0) is 14.3. The van der Waals surface area contributed by atoms with Crippen LogP contribution < -0.4 is 5.73 Å². The van der Waals surface area contributed by atoms with Crippen molar-refractivity contribution in [3.8, 4) is 0 Å². The van der Waals surface area contributed by atoms with Gasteiger partial charge in [0.15, 0.2) is 0 Å². The lowest BCUT2D eigenvalue weighted by atomic mass is 9.82. The van der Waals surface area contributed by atoms with Crippen LogP contribution in [0.3, 0.4) is 0 Å². The Bertz CT molecular complexity index is 417. The van der Waals surface area contributed by atoms with Crippen molar-refractivity contribution in [2.75, 3.05) is 0 Å². The first-order chi connectivity index (χ1) is 8.20. The maximum atomic E-state index is 5.45. The molecule has 2 N–H and O–H groups in total. The van der Waals surface area contributed by atoms with E-state index >= 15 is 0 Å². The molecule has 1 heteroatoms. The first-order valence-corrected chi connectivity index (χ1v) is 6.08. The van der Waals surface area contributed by atoms with Crippen LogP contribution in [-0.4, -0.2) is 0 Å². The standard InChI is InChI=1S/C17H25N/c1-8-17(6,7)15(4)11-9-13(2)14(3)10-12-16(5)18/h9-12H,2-5,8,18H2,1,6-7H3/b11-9-,12-10-.